The molecule has 3 nitrogen and oxygen atoms in total. The number of rotatable bonds is 3. The summed E-state index contributed by atoms with van der Waals surface area (Å²) in [7, 11) is 0. The van der Waals surface area contributed by atoms with Crippen LogP contribution in [0.25, 0.3) is 0 Å². The molecule has 1 aliphatic heterocycles. The zero-order chi connectivity index (χ0) is 9.97. The van der Waals surface area contributed by atoms with Gasteiger partial charge in [-0.15, -0.1) is 11.3 Å². The molecule has 1 aromatic rings. The van der Waals surface area contributed by atoms with Crippen molar-refractivity contribution in [2.45, 2.75) is 25.1 Å². The molecule has 1 saturated heterocycles. The number of nitrogens with one attached hydrogen (secondary N) is 1. The molecule has 0 amide bonds. The maximum Gasteiger partial charge on any atom is 0.0948 e. The topological polar surface area (TPSA) is 41.5 Å². The van der Waals surface area contributed by atoms with Crippen LogP contribution in [0.3, 0.4) is 0 Å². The summed E-state index contributed by atoms with van der Waals surface area (Å²) in [5, 5.41) is 15.0. The lowest BCUT2D eigenvalue weighted by atomic mass is 10.1. The molecule has 1 aromatic heterocycles. The first-order valence-corrected chi connectivity index (χ1v) is 5.70. The van der Waals surface area contributed by atoms with E-state index in [-0.39, 0.29) is 18.2 Å². The average molecular weight is 213 g/mol. The number of thiophene rings is 1. The normalized spacial score (nSPS) is 29.3. The van der Waals surface area contributed by atoms with E-state index in [0.29, 0.717) is 13.2 Å². The van der Waals surface area contributed by atoms with Gasteiger partial charge >= 0.3 is 0 Å². The number of ether oxygens (including phenoxy) is 1. The number of aliphatic hydroxyl groups is 1. The van der Waals surface area contributed by atoms with Crippen molar-refractivity contribution in [3.63, 3.8) is 0 Å². The Hall–Kier alpha value is -0.420. The summed E-state index contributed by atoms with van der Waals surface area (Å²) in [5.74, 6) is 0. The van der Waals surface area contributed by atoms with Crippen molar-refractivity contribution in [2.75, 3.05) is 13.2 Å². The van der Waals surface area contributed by atoms with Gasteiger partial charge in [0.1, 0.15) is 0 Å². The molecule has 3 atom stereocenters. The highest BCUT2D eigenvalue weighted by atomic mass is 32.1. The summed E-state index contributed by atoms with van der Waals surface area (Å²) in [6, 6.07) is 4.51. The third kappa shape index (κ3) is 2.15. The Morgan fingerprint density at radius 3 is 3.07 bits per heavy atom. The lowest BCUT2D eigenvalue weighted by Crippen LogP contribution is -2.39. The molecule has 2 N–H and O–H groups in total. The maximum absolute atomic E-state index is 9.55. The molecular weight excluding hydrogens is 198 g/mol. The zero-order valence-corrected chi connectivity index (χ0v) is 8.96. The van der Waals surface area contributed by atoms with Crippen molar-refractivity contribution in [1.82, 2.24) is 5.32 Å². The summed E-state index contributed by atoms with van der Waals surface area (Å²) >= 11 is 1.73. The lowest BCUT2D eigenvalue weighted by Gasteiger charge is -2.19. The first kappa shape index (κ1) is 10.1. The van der Waals surface area contributed by atoms with Crippen molar-refractivity contribution in [2.24, 2.45) is 0 Å². The molecular formula is C10H15NO2S. The Bertz CT molecular complexity index is 276. The van der Waals surface area contributed by atoms with E-state index in [0.717, 1.165) is 0 Å². The van der Waals surface area contributed by atoms with Crippen molar-refractivity contribution < 1.29 is 9.84 Å². The molecule has 0 aliphatic carbocycles. The van der Waals surface area contributed by atoms with Gasteiger partial charge in [-0.25, -0.2) is 0 Å². The Morgan fingerprint density at radius 2 is 2.50 bits per heavy atom. The van der Waals surface area contributed by atoms with E-state index in [9.17, 15) is 5.11 Å². The van der Waals surface area contributed by atoms with Crippen molar-refractivity contribution in [1.29, 1.82) is 0 Å². The molecule has 78 valence electrons. The van der Waals surface area contributed by atoms with Crippen LogP contribution in [0.5, 0.6) is 0 Å². The Balaban J connectivity index is 1.91. The molecule has 14 heavy (non-hydrogen) atoms. The minimum absolute atomic E-state index is 0.0760. The minimum atomic E-state index is -0.364. The van der Waals surface area contributed by atoms with E-state index in [1.54, 1.807) is 11.3 Å². The Morgan fingerprint density at radius 1 is 1.64 bits per heavy atom. The quantitative estimate of drug-likeness (QED) is 0.791. The third-order valence-electron chi connectivity index (χ3n) is 2.48. The predicted molar refractivity (Wildman–Crippen MR) is 56.5 cm³/mol. The second kappa shape index (κ2) is 4.40. The largest absolute Gasteiger partial charge is 0.389 e. The maximum atomic E-state index is 9.55. The van der Waals surface area contributed by atoms with E-state index in [1.807, 2.05) is 6.07 Å². The van der Waals surface area contributed by atoms with Gasteiger partial charge in [-0.05, 0) is 18.4 Å². The van der Waals surface area contributed by atoms with Crippen LogP contribution in [0.2, 0.25) is 0 Å². The molecule has 4 heteroatoms. The van der Waals surface area contributed by atoms with Crippen LogP contribution in [-0.2, 0) is 4.74 Å². The van der Waals surface area contributed by atoms with Crippen LogP contribution < -0.4 is 5.32 Å². The predicted octanol–water partition coefficient (Wildman–Crippen LogP) is 1.16. The molecule has 0 aromatic carbocycles. The van der Waals surface area contributed by atoms with Gasteiger partial charge in [0.05, 0.1) is 25.4 Å². The van der Waals surface area contributed by atoms with E-state index in [2.05, 4.69) is 23.7 Å². The van der Waals surface area contributed by atoms with Crippen molar-refractivity contribution in [3.05, 3.63) is 22.4 Å². The van der Waals surface area contributed by atoms with Crippen LogP contribution in [-0.4, -0.2) is 30.5 Å². The van der Waals surface area contributed by atoms with Crippen LogP contribution >= 0.6 is 11.3 Å². The van der Waals surface area contributed by atoms with Crippen LogP contribution in [0.1, 0.15) is 17.8 Å². The summed E-state index contributed by atoms with van der Waals surface area (Å²) < 4.78 is 5.18. The minimum Gasteiger partial charge on any atom is -0.389 e. The number of hydrogen-bond donors (Lipinski definition) is 2. The summed E-state index contributed by atoms with van der Waals surface area (Å²) in [4.78, 5) is 1.30. The van der Waals surface area contributed by atoms with E-state index in [1.165, 1.54) is 4.88 Å². The van der Waals surface area contributed by atoms with Gasteiger partial charge in [-0.2, -0.15) is 0 Å². The highest BCUT2D eigenvalue weighted by Gasteiger charge is 2.27. The van der Waals surface area contributed by atoms with Crippen LogP contribution in [0, 0.1) is 0 Å². The second-order valence-electron chi connectivity index (χ2n) is 3.62. The zero-order valence-electron chi connectivity index (χ0n) is 8.14. The van der Waals surface area contributed by atoms with Crippen LogP contribution in [0.15, 0.2) is 17.5 Å². The molecule has 0 bridgehead atoms. The fraction of sp³-hybridized carbons (Fsp3) is 0.600. The third-order valence-corrected chi connectivity index (χ3v) is 3.54. The summed E-state index contributed by atoms with van der Waals surface area (Å²) in [5.41, 5.74) is 0. The monoisotopic (exact) mass is 213 g/mol. The molecule has 2 rings (SSSR count). The van der Waals surface area contributed by atoms with E-state index in [4.69, 9.17) is 4.74 Å². The Kier molecular flexibility index (Phi) is 3.18. The molecule has 0 radical (unpaired) electrons. The van der Waals surface area contributed by atoms with Gasteiger partial charge in [0, 0.05) is 10.9 Å². The fourth-order valence-electron chi connectivity index (χ4n) is 1.64. The van der Waals surface area contributed by atoms with E-state index < -0.39 is 0 Å². The van der Waals surface area contributed by atoms with Gasteiger partial charge < -0.3 is 15.2 Å². The standard InChI is InChI=1S/C10H15NO2S/c1-7(10-3-2-4-14-10)11-8-5-13-6-9(8)12/h2-4,7-9,11-12H,5-6H2,1H3/t7-,8?,9?/m1/s1. The van der Waals surface area contributed by atoms with Gasteiger partial charge in [0.25, 0.3) is 0 Å². The second-order valence-corrected chi connectivity index (χ2v) is 4.59. The fourth-order valence-corrected chi connectivity index (χ4v) is 2.39. The van der Waals surface area contributed by atoms with Crippen LogP contribution in [0.4, 0.5) is 0 Å². The molecule has 2 unspecified atom stereocenters. The highest BCUT2D eigenvalue weighted by Crippen LogP contribution is 2.20. The number of aliphatic hydroxyl groups excluding tert-OH is 1. The van der Waals surface area contributed by atoms with Crippen molar-refractivity contribution in [3.8, 4) is 0 Å². The van der Waals surface area contributed by atoms with Gasteiger partial charge in [-0.1, -0.05) is 6.07 Å². The smallest absolute Gasteiger partial charge is 0.0948 e. The first-order valence-electron chi connectivity index (χ1n) is 4.82. The molecule has 0 saturated carbocycles. The Labute approximate surface area is 87.7 Å². The number of hydrogen-bond acceptors (Lipinski definition) is 4. The highest BCUT2D eigenvalue weighted by molar-refractivity contribution is 7.10. The molecule has 0 spiro atoms. The SMILES string of the molecule is C[C@@H](NC1COCC1O)c1cccs1. The molecule has 1 aliphatic rings. The first-order chi connectivity index (χ1) is 6.77. The van der Waals surface area contributed by atoms with Gasteiger partial charge in [0.15, 0.2) is 0 Å². The summed E-state index contributed by atoms with van der Waals surface area (Å²) in [6.07, 6.45) is -0.364. The van der Waals surface area contributed by atoms with Gasteiger partial charge in [0.2, 0.25) is 0 Å². The van der Waals surface area contributed by atoms with E-state index >= 15 is 0 Å². The lowest BCUT2D eigenvalue weighted by molar-refractivity contribution is 0.121. The molecule has 1 fully saturated rings. The summed E-state index contributed by atoms with van der Waals surface area (Å²) in [6.45, 7) is 3.17. The van der Waals surface area contributed by atoms with Crippen molar-refractivity contribution >= 4 is 11.3 Å². The van der Waals surface area contributed by atoms with Gasteiger partial charge in [-0.3, -0.25) is 0 Å². The molecule has 2 heterocycles. The average Bonchev–Trinajstić information content (AvgIpc) is 2.77.